The van der Waals surface area contributed by atoms with Crippen LogP contribution in [0.15, 0.2) is 0 Å². The van der Waals surface area contributed by atoms with E-state index in [1.807, 2.05) is 0 Å². The maximum Gasteiger partial charge on any atom is 0 e. The molecule has 0 nitrogen and oxygen atoms in total. The maximum atomic E-state index is 0. The summed E-state index contributed by atoms with van der Waals surface area (Å²) in [6.45, 7) is 0. The first-order chi connectivity index (χ1) is 0. The molecule has 0 aliphatic rings. The predicted molar refractivity (Wildman–Crippen MR) is 6.41 cm³/mol. The first-order valence-electron chi connectivity index (χ1n) is 0. The molecule has 6 heteroatoms. The van der Waals surface area contributed by atoms with Crippen molar-refractivity contribution in [3.05, 3.63) is 7.43 Å². The Morgan fingerprint density at radius 1 is 0.429 bits per heavy atom. The van der Waals surface area contributed by atoms with Gasteiger partial charge in [0, 0.05) is 173 Å². The van der Waals surface area contributed by atoms with Crippen LogP contribution in [0.5, 0.6) is 0 Å². The number of hydrogen-bond acceptors (Lipinski definition) is 0. The van der Waals surface area contributed by atoms with Crippen LogP contribution in [0.2, 0.25) is 0 Å². The van der Waals surface area contributed by atoms with Gasteiger partial charge in [-0.15, -0.1) is 0 Å². The summed E-state index contributed by atoms with van der Waals surface area (Å²) in [6, 6.07) is 0. The summed E-state index contributed by atoms with van der Waals surface area (Å²) >= 11 is 0. The second-order valence-electron chi connectivity index (χ2n) is 0. The maximum absolute atomic E-state index is 0. The van der Waals surface area contributed by atoms with Gasteiger partial charge in [-0.05, 0) is 0 Å². The first kappa shape index (κ1) is 53.0. The first-order valence-corrected chi connectivity index (χ1v) is 0. The number of hydrogen-bond donors (Lipinski definition) is 0. The SMILES string of the molecule is [CH3-].[W].[W].[Y].[Y].[Y].[Y]. The van der Waals surface area contributed by atoms with Crippen LogP contribution in [0, 0.1) is 7.43 Å². The van der Waals surface area contributed by atoms with Crippen LogP contribution in [-0.2, 0) is 173 Å². The average Bonchev–Trinajstić information content (AvgIpc) is 0. The Kier molecular flexibility index (Phi) is 310. The minimum absolute atomic E-state index is 0. The molecule has 0 saturated carbocycles. The van der Waals surface area contributed by atoms with E-state index in [9.17, 15) is 0 Å². The van der Waals surface area contributed by atoms with Crippen LogP contribution in [0.1, 0.15) is 0 Å². The Morgan fingerprint density at radius 2 is 0.429 bits per heavy atom. The van der Waals surface area contributed by atoms with Gasteiger partial charge in [0.05, 0.1) is 0 Å². The average molecular weight is 738 g/mol. The van der Waals surface area contributed by atoms with Crippen molar-refractivity contribution >= 4 is 0 Å². The summed E-state index contributed by atoms with van der Waals surface area (Å²) in [5.74, 6) is 0. The van der Waals surface area contributed by atoms with Crippen molar-refractivity contribution in [2.45, 2.75) is 0 Å². The van der Waals surface area contributed by atoms with Crippen LogP contribution in [-0.4, -0.2) is 0 Å². The van der Waals surface area contributed by atoms with Gasteiger partial charge < -0.3 is 7.43 Å². The molecule has 0 rings (SSSR count). The van der Waals surface area contributed by atoms with E-state index in [0.29, 0.717) is 0 Å². The zero-order chi connectivity index (χ0) is 0. The molecule has 0 aromatic heterocycles. The van der Waals surface area contributed by atoms with Crippen molar-refractivity contribution in [2.24, 2.45) is 0 Å². The standard InChI is InChI=1S/CH3.2W.4Y/h1H3;;;;;;/q-1;;;;;;. The quantitative estimate of drug-likeness (QED) is 0.317. The van der Waals surface area contributed by atoms with E-state index in [1.54, 1.807) is 0 Å². The molecule has 0 aromatic rings. The summed E-state index contributed by atoms with van der Waals surface area (Å²) < 4.78 is 0. The molecule has 4 radical (unpaired) electrons. The monoisotopic (exact) mass is 739 g/mol. The zero-order valence-electron chi connectivity index (χ0n) is 4.13. The fourth-order valence-electron chi connectivity index (χ4n) is 0. The van der Waals surface area contributed by atoms with E-state index < -0.39 is 0 Å². The molecule has 0 aliphatic heterocycles. The summed E-state index contributed by atoms with van der Waals surface area (Å²) in [4.78, 5) is 0. The van der Waals surface area contributed by atoms with Crippen LogP contribution in [0.4, 0.5) is 0 Å². The molecule has 0 amide bonds. The van der Waals surface area contributed by atoms with Crippen molar-refractivity contribution in [1.82, 2.24) is 0 Å². The second kappa shape index (κ2) is 40.9. The third-order valence-electron chi connectivity index (χ3n) is 0. The van der Waals surface area contributed by atoms with Crippen LogP contribution in [0.3, 0.4) is 0 Å². The molecule has 0 fully saturated rings. The minimum Gasteiger partial charge on any atom is -0.358 e. The van der Waals surface area contributed by atoms with Crippen LogP contribution >= 0.6 is 0 Å². The third-order valence-corrected chi connectivity index (χ3v) is 0. The Balaban J connectivity index is 0. The van der Waals surface area contributed by atoms with Gasteiger partial charge in [-0.3, -0.25) is 0 Å². The van der Waals surface area contributed by atoms with E-state index in [0.717, 1.165) is 0 Å². The Hall–Kier alpha value is 5.79. The Labute approximate surface area is 175 Å². The van der Waals surface area contributed by atoms with Crippen LogP contribution in [0.25, 0.3) is 0 Å². The zero-order valence-corrected chi connectivity index (χ0v) is 21.3. The second-order valence-corrected chi connectivity index (χ2v) is 0. The molecule has 7 heavy (non-hydrogen) atoms. The third kappa shape index (κ3) is 33.7. The van der Waals surface area contributed by atoms with Gasteiger partial charge in [-0.25, -0.2) is 0 Å². The van der Waals surface area contributed by atoms with Crippen molar-refractivity contribution in [3.63, 3.8) is 0 Å². The summed E-state index contributed by atoms with van der Waals surface area (Å²) in [5, 5.41) is 0. The normalized spacial score (nSPS) is 0. The fourth-order valence-corrected chi connectivity index (χ4v) is 0. The minimum atomic E-state index is 0. The van der Waals surface area contributed by atoms with Crippen molar-refractivity contribution < 1.29 is 173 Å². The molecular formula is CH3W2Y4-. The van der Waals surface area contributed by atoms with Gasteiger partial charge in [-0.2, -0.15) is 0 Å². The molecule has 0 heterocycles. The molecule has 0 bridgehead atoms. The van der Waals surface area contributed by atoms with E-state index in [1.165, 1.54) is 0 Å². The van der Waals surface area contributed by atoms with Gasteiger partial charge in [0.2, 0.25) is 0 Å². The van der Waals surface area contributed by atoms with Gasteiger partial charge in [0.15, 0.2) is 0 Å². The van der Waals surface area contributed by atoms with Gasteiger partial charge in [-0.1, -0.05) is 0 Å². The largest absolute Gasteiger partial charge is 0.358 e. The molecular weight excluding hydrogens is 735 g/mol. The fraction of sp³-hybridized carbons (Fsp3) is 0. The van der Waals surface area contributed by atoms with Crippen molar-refractivity contribution in [1.29, 1.82) is 0 Å². The van der Waals surface area contributed by atoms with Crippen molar-refractivity contribution in [3.8, 4) is 0 Å². The molecule has 0 atom stereocenters. The van der Waals surface area contributed by atoms with E-state index >= 15 is 0 Å². The van der Waals surface area contributed by atoms with E-state index in [4.69, 9.17) is 0 Å². The molecule has 0 saturated heterocycles. The Morgan fingerprint density at radius 3 is 0.429 bits per heavy atom. The summed E-state index contributed by atoms with van der Waals surface area (Å²) in [7, 11) is 0. The molecule has 0 N–H and O–H groups in total. The molecule has 0 aliphatic carbocycles. The molecule has 0 aromatic carbocycles. The topological polar surface area (TPSA) is 0 Å². The van der Waals surface area contributed by atoms with E-state index in [2.05, 4.69) is 0 Å². The summed E-state index contributed by atoms with van der Waals surface area (Å²) in [6.07, 6.45) is 0. The molecule has 0 spiro atoms. The molecule has 32 valence electrons. The molecule has 0 unspecified atom stereocenters. The van der Waals surface area contributed by atoms with Crippen LogP contribution < -0.4 is 0 Å². The van der Waals surface area contributed by atoms with E-state index in [-0.39, 0.29) is 180 Å². The smallest absolute Gasteiger partial charge is 0 e. The van der Waals surface area contributed by atoms with Gasteiger partial charge in [0.25, 0.3) is 0 Å². The van der Waals surface area contributed by atoms with Gasteiger partial charge >= 0.3 is 0 Å². The summed E-state index contributed by atoms with van der Waals surface area (Å²) in [5.41, 5.74) is 0. The van der Waals surface area contributed by atoms with Crippen molar-refractivity contribution in [2.75, 3.05) is 0 Å². The Bertz CT molecular complexity index is 9.65. The predicted octanol–water partition coefficient (Wildman–Crippen LogP) is 0.435. The van der Waals surface area contributed by atoms with Gasteiger partial charge in [0.1, 0.15) is 0 Å². The number of rotatable bonds is 0.